The number of urea groups is 1. The first kappa shape index (κ1) is 17.8. The second-order valence-electron chi connectivity index (χ2n) is 5.93. The number of carboxylic acid groups (broad SMARTS) is 1. The van der Waals surface area contributed by atoms with Crippen molar-refractivity contribution in [2.45, 2.75) is 18.8 Å². The van der Waals surface area contributed by atoms with Gasteiger partial charge in [-0.15, -0.1) is 13.2 Å². The van der Waals surface area contributed by atoms with Gasteiger partial charge in [0.2, 0.25) is 0 Å². The topological polar surface area (TPSA) is 78.7 Å². The van der Waals surface area contributed by atoms with E-state index in [0.29, 0.717) is 26.2 Å². The fraction of sp³-hybridized carbons (Fsp3) is 0.471. The monoisotopic (exact) mass is 332 g/mol. The standard InChI is InChI=1S/C17H24N4O3/c1-4-8-20(9-5-2)17(24)21-10-6-7-13(12-21)14-11-15(16(22)23)19(3)18-14/h4-5,11,13H,1-2,6-10,12H2,3H3,(H,22,23). The molecule has 1 saturated heterocycles. The molecule has 0 spiro atoms. The lowest BCUT2D eigenvalue weighted by Gasteiger charge is -2.35. The number of piperidine rings is 1. The summed E-state index contributed by atoms with van der Waals surface area (Å²) in [5.74, 6) is -0.945. The number of carbonyl (C=O) groups is 2. The van der Waals surface area contributed by atoms with Gasteiger partial charge in [-0.2, -0.15) is 5.10 Å². The van der Waals surface area contributed by atoms with E-state index in [-0.39, 0.29) is 17.6 Å². The Kier molecular flexibility index (Phi) is 5.78. The molecule has 24 heavy (non-hydrogen) atoms. The Bertz CT molecular complexity index is 628. The number of carbonyl (C=O) groups excluding carboxylic acids is 1. The van der Waals surface area contributed by atoms with Crippen LogP contribution in [0, 0.1) is 0 Å². The number of hydrogen-bond donors (Lipinski definition) is 1. The first-order valence-electron chi connectivity index (χ1n) is 8.00. The minimum atomic E-state index is -0.997. The lowest BCUT2D eigenvalue weighted by molar-refractivity contribution is 0.0685. The van der Waals surface area contributed by atoms with Gasteiger partial charge in [0.05, 0.1) is 5.69 Å². The summed E-state index contributed by atoms with van der Waals surface area (Å²) in [6.45, 7) is 9.55. The number of rotatable bonds is 6. The first-order valence-corrected chi connectivity index (χ1v) is 8.00. The van der Waals surface area contributed by atoms with E-state index in [1.165, 1.54) is 4.68 Å². The molecule has 7 heteroatoms. The number of amides is 2. The average molecular weight is 332 g/mol. The summed E-state index contributed by atoms with van der Waals surface area (Å²) < 4.78 is 1.38. The Morgan fingerprint density at radius 1 is 1.42 bits per heavy atom. The number of hydrogen-bond acceptors (Lipinski definition) is 3. The number of nitrogens with zero attached hydrogens (tertiary/aromatic N) is 4. The van der Waals surface area contributed by atoms with Gasteiger partial charge in [0.25, 0.3) is 0 Å². The molecular formula is C17H24N4O3. The summed E-state index contributed by atoms with van der Waals surface area (Å²) in [7, 11) is 1.62. The van der Waals surface area contributed by atoms with Crippen molar-refractivity contribution in [3.63, 3.8) is 0 Å². The molecule has 1 aromatic heterocycles. The maximum Gasteiger partial charge on any atom is 0.354 e. The van der Waals surface area contributed by atoms with Gasteiger partial charge in [-0.25, -0.2) is 9.59 Å². The zero-order valence-corrected chi connectivity index (χ0v) is 14.0. The highest BCUT2D eigenvalue weighted by Gasteiger charge is 2.29. The summed E-state index contributed by atoms with van der Waals surface area (Å²) in [4.78, 5) is 27.3. The number of aryl methyl sites for hydroxylation is 1. The van der Waals surface area contributed by atoms with Crippen LogP contribution in [0.1, 0.15) is 34.9 Å². The highest BCUT2D eigenvalue weighted by molar-refractivity contribution is 5.85. The van der Waals surface area contributed by atoms with E-state index in [9.17, 15) is 9.59 Å². The van der Waals surface area contributed by atoms with Gasteiger partial charge >= 0.3 is 12.0 Å². The van der Waals surface area contributed by atoms with Crippen molar-refractivity contribution in [2.75, 3.05) is 26.2 Å². The van der Waals surface area contributed by atoms with Crippen LogP contribution in [0.4, 0.5) is 4.79 Å². The minimum Gasteiger partial charge on any atom is -0.477 e. The molecule has 1 atom stereocenters. The van der Waals surface area contributed by atoms with Gasteiger partial charge < -0.3 is 14.9 Å². The summed E-state index contributed by atoms with van der Waals surface area (Å²) in [6, 6.07) is 1.56. The third-order valence-corrected chi connectivity index (χ3v) is 4.20. The van der Waals surface area contributed by atoms with Crippen LogP contribution in [0.5, 0.6) is 0 Å². The van der Waals surface area contributed by atoms with Crippen molar-refractivity contribution < 1.29 is 14.7 Å². The molecular weight excluding hydrogens is 308 g/mol. The van der Waals surface area contributed by atoms with Gasteiger partial charge in [-0.05, 0) is 18.9 Å². The largest absolute Gasteiger partial charge is 0.477 e. The van der Waals surface area contributed by atoms with Crippen molar-refractivity contribution in [1.82, 2.24) is 19.6 Å². The molecule has 1 N–H and O–H groups in total. The van der Waals surface area contributed by atoms with Crippen LogP contribution in [-0.2, 0) is 7.05 Å². The molecule has 1 aliphatic rings. The summed E-state index contributed by atoms with van der Waals surface area (Å²) in [5, 5.41) is 13.5. The van der Waals surface area contributed by atoms with Crippen LogP contribution in [0.2, 0.25) is 0 Å². The van der Waals surface area contributed by atoms with E-state index in [1.54, 1.807) is 35.1 Å². The quantitative estimate of drug-likeness (QED) is 0.809. The number of aromatic carboxylic acids is 1. The van der Waals surface area contributed by atoms with Crippen molar-refractivity contribution in [3.8, 4) is 0 Å². The highest BCUT2D eigenvalue weighted by Crippen LogP contribution is 2.27. The van der Waals surface area contributed by atoms with Gasteiger partial charge in [-0.1, -0.05) is 12.2 Å². The van der Waals surface area contributed by atoms with E-state index in [1.807, 2.05) is 0 Å². The second kappa shape index (κ2) is 7.81. The first-order chi connectivity index (χ1) is 11.5. The Balaban J connectivity index is 2.12. The molecule has 1 aliphatic heterocycles. The fourth-order valence-corrected chi connectivity index (χ4v) is 3.02. The molecule has 2 rings (SSSR count). The van der Waals surface area contributed by atoms with Crippen LogP contribution >= 0.6 is 0 Å². The normalized spacial score (nSPS) is 17.4. The maximum atomic E-state index is 12.7. The van der Waals surface area contributed by atoms with Crippen LogP contribution < -0.4 is 0 Å². The van der Waals surface area contributed by atoms with E-state index < -0.39 is 5.97 Å². The summed E-state index contributed by atoms with van der Waals surface area (Å²) in [6.07, 6.45) is 5.15. The van der Waals surface area contributed by atoms with E-state index in [4.69, 9.17) is 5.11 Å². The van der Waals surface area contributed by atoms with Gasteiger partial charge in [-0.3, -0.25) is 4.68 Å². The Hall–Kier alpha value is -2.57. The third-order valence-electron chi connectivity index (χ3n) is 4.20. The van der Waals surface area contributed by atoms with Crippen molar-refractivity contribution >= 4 is 12.0 Å². The molecule has 0 saturated carbocycles. The minimum absolute atomic E-state index is 0.0473. The maximum absolute atomic E-state index is 12.7. The molecule has 130 valence electrons. The van der Waals surface area contributed by atoms with E-state index >= 15 is 0 Å². The average Bonchev–Trinajstić information content (AvgIpc) is 2.96. The van der Waals surface area contributed by atoms with Gasteiger partial charge in [0, 0.05) is 39.1 Å². The van der Waals surface area contributed by atoms with Crippen LogP contribution in [-0.4, -0.2) is 62.9 Å². The summed E-state index contributed by atoms with van der Waals surface area (Å²) >= 11 is 0. The smallest absolute Gasteiger partial charge is 0.354 e. The predicted molar refractivity (Wildman–Crippen MR) is 91.1 cm³/mol. The third kappa shape index (κ3) is 3.84. The molecule has 1 fully saturated rings. The predicted octanol–water partition coefficient (Wildman–Crippen LogP) is 2.09. The number of likely N-dealkylation sites (tertiary alicyclic amines) is 1. The highest BCUT2D eigenvalue weighted by atomic mass is 16.4. The molecule has 0 aliphatic carbocycles. The molecule has 2 heterocycles. The molecule has 7 nitrogen and oxygen atoms in total. The zero-order chi connectivity index (χ0) is 17.7. The number of carboxylic acids is 1. The Morgan fingerprint density at radius 2 is 2.08 bits per heavy atom. The van der Waals surface area contributed by atoms with Gasteiger partial charge in [0.15, 0.2) is 0 Å². The van der Waals surface area contributed by atoms with Crippen molar-refractivity contribution in [3.05, 3.63) is 42.8 Å². The van der Waals surface area contributed by atoms with Crippen molar-refractivity contribution in [2.24, 2.45) is 7.05 Å². The van der Waals surface area contributed by atoms with E-state index in [2.05, 4.69) is 18.3 Å². The Labute approximate surface area is 141 Å². The zero-order valence-electron chi connectivity index (χ0n) is 14.0. The SMILES string of the molecule is C=CCN(CC=C)C(=O)N1CCCC(c2cc(C(=O)O)n(C)n2)C1. The van der Waals surface area contributed by atoms with Crippen LogP contribution in [0.15, 0.2) is 31.4 Å². The van der Waals surface area contributed by atoms with Crippen molar-refractivity contribution in [1.29, 1.82) is 0 Å². The van der Waals surface area contributed by atoms with E-state index in [0.717, 1.165) is 18.5 Å². The van der Waals surface area contributed by atoms with Crippen LogP contribution in [0.3, 0.4) is 0 Å². The molecule has 0 aromatic carbocycles. The lowest BCUT2D eigenvalue weighted by atomic mass is 9.95. The number of aromatic nitrogens is 2. The fourth-order valence-electron chi connectivity index (χ4n) is 3.02. The molecule has 1 unspecified atom stereocenters. The lowest BCUT2D eigenvalue weighted by Crippen LogP contribution is -2.47. The molecule has 2 amide bonds. The van der Waals surface area contributed by atoms with Crippen LogP contribution in [0.25, 0.3) is 0 Å². The Morgan fingerprint density at radius 3 is 2.62 bits per heavy atom. The second-order valence-corrected chi connectivity index (χ2v) is 5.93. The van der Waals surface area contributed by atoms with Gasteiger partial charge in [0.1, 0.15) is 5.69 Å². The molecule has 0 bridgehead atoms. The molecule has 1 aromatic rings. The molecule has 0 radical (unpaired) electrons. The summed E-state index contributed by atoms with van der Waals surface area (Å²) in [5.41, 5.74) is 0.889.